The van der Waals surface area contributed by atoms with E-state index < -0.39 is 0 Å². The van der Waals surface area contributed by atoms with Gasteiger partial charge in [0, 0.05) is 10.5 Å². The molecule has 1 unspecified atom stereocenters. The summed E-state index contributed by atoms with van der Waals surface area (Å²) in [6.07, 6.45) is 0.0344. The number of benzene rings is 1. The van der Waals surface area contributed by atoms with Gasteiger partial charge in [0.2, 0.25) is 0 Å². The number of hydrogen-bond acceptors (Lipinski definition) is 4. The van der Waals surface area contributed by atoms with E-state index in [-0.39, 0.29) is 13.2 Å². The zero-order valence-electron chi connectivity index (χ0n) is 11.9. The highest BCUT2D eigenvalue weighted by Gasteiger charge is 2.38. The molecule has 0 amide bonds. The molecule has 0 saturated heterocycles. The van der Waals surface area contributed by atoms with Gasteiger partial charge in [-0.25, -0.2) is 0 Å². The third kappa shape index (κ3) is 3.42. The monoisotopic (exact) mass is 285 g/mol. The lowest BCUT2D eigenvalue weighted by Crippen LogP contribution is -2.34. The molecule has 1 aromatic rings. The van der Waals surface area contributed by atoms with Crippen LogP contribution in [0.1, 0.15) is 26.3 Å². The molecule has 2 aliphatic rings. The largest absolute Gasteiger partial charge is 0.498 e. The van der Waals surface area contributed by atoms with Gasteiger partial charge in [-0.05, 0) is 31.7 Å². The fourth-order valence-electron chi connectivity index (χ4n) is 1.95. The van der Waals surface area contributed by atoms with Gasteiger partial charge in [0.05, 0.1) is 12.7 Å². The molecule has 6 heteroatoms. The molecule has 0 aliphatic carbocycles. The van der Waals surface area contributed by atoms with Crippen LogP contribution in [0.4, 0.5) is 0 Å². The summed E-state index contributed by atoms with van der Waals surface area (Å²) in [6, 6.07) is 3.72. The summed E-state index contributed by atoms with van der Waals surface area (Å²) >= 11 is 6.09. The molecule has 4 nitrogen and oxygen atoms in total. The standard InChI is InChI=1S/C10H10BClO3.C2H6.CH5N/c1-6-4-13-9-3-2-8(12)7-5-14-11(15-6)10(7)9;2*1-2/h2-3,6H,4-5H2,1H3;1-2H3;2H2,1H3. The lowest BCUT2D eigenvalue weighted by molar-refractivity contribution is 0.118. The molecule has 0 aromatic heterocycles. The second kappa shape index (κ2) is 7.75. The van der Waals surface area contributed by atoms with Crippen molar-refractivity contribution in [1.29, 1.82) is 0 Å². The van der Waals surface area contributed by atoms with Crippen molar-refractivity contribution >= 4 is 24.2 Å². The summed E-state index contributed by atoms with van der Waals surface area (Å²) in [5.74, 6) is 0.834. The molecule has 3 rings (SSSR count). The van der Waals surface area contributed by atoms with Crippen molar-refractivity contribution in [3.8, 4) is 5.75 Å². The van der Waals surface area contributed by atoms with Crippen LogP contribution < -0.4 is 15.9 Å². The fraction of sp³-hybridized carbons (Fsp3) is 0.538. The van der Waals surface area contributed by atoms with Crippen LogP contribution in [0.5, 0.6) is 5.75 Å². The van der Waals surface area contributed by atoms with E-state index in [2.05, 4.69) is 5.73 Å². The van der Waals surface area contributed by atoms with Crippen LogP contribution in [-0.2, 0) is 15.9 Å². The molecule has 1 atom stereocenters. The van der Waals surface area contributed by atoms with E-state index in [1.54, 1.807) is 0 Å². The van der Waals surface area contributed by atoms with Crippen LogP contribution in [0.2, 0.25) is 5.02 Å². The lowest BCUT2D eigenvalue weighted by atomic mass is 9.78. The minimum Gasteiger partial charge on any atom is -0.491 e. The molecule has 1 aromatic carbocycles. The second-order valence-corrected chi connectivity index (χ2v) is 4.25. The van der Waals surface area contributed by atoms with Gasteiger partial charge in [0.25, 0.3) is 0 Å². The van der Waals surface area contributed by atoms with Crippen molar-refractivity contribution in [3.05, 3.63) is 22.7 Å². The number of hydrogen-bond donors (Lipinski definition) is 1. The van der Waals surface area contributed by atoms with Crippen molar-refractivity contribution in [1.82, 2.24) is 0 Å². The Morgan fingerprint density at radius 2 is 2.00 bits per heavy atom. The normalized spacial score (nSPS) is 19.1. The third-order valence-corrected chi connectivity index (χ3v) is 3.06. The summed E-state index contributed by atoms with van der Waals surface area (Å²) in [5, 5.41) is 0.720. The molecule has 2 N–H and O–H groups in total. The van der Waals surface area contributed by atoms with E-state index in [1.807, 2.05) is 32.9 Å². The average molecular weight is 286 g/mol. The lowest BCUT2D eigenvalue weighted by Gasteiger charge is -2.11. The molecular weight excluding hydrogens is 264 g/mol. The van der Waals surface area contributed by atoms with Gasteiger partial charge in [0.1, 0.15) is 12.4 Å². The zero-order valence-corrected chi connectivity index (χ0v) is 12.7. The molecule has 106 valence electrons. The quantitative estimate of drug-likeness (QED) is 0.741. The molecule has 0 radical (unpaired) electrons. The Kier molecular flexibility index (Phi) is 6.65. The second-order valence-electron chi connectivity index (χ2n) is 3.84. The SMILES string of the molecule is CC.CC1COc2ccc(Cl)c3c2B(OC3)O1.CN. The minimum atomic E-state index is -0.314. The molecule has 2 heterocycles. The van der Waals surface area contributed by atoms with Gasteiger partial charge >= 0.3 is 7.12 Å². The minimum absolute atomic E-state index is 0.0344. The third-order valence-electron chi connectivity index (χ3n) is 2.70. The van der Waals surface area contributed by atoms with Gasteiger partial charge in [-0.3, -0.25) is 0 Å². The Balaban J connectivity index is 0.000000415. The van der Waals surface area contributed by atoms with Crippen molar-refractivity contribution in [3.63, 3.8) is 0 Å². The molecule has 0 spiro atoms. The molecule has 2 aliphatic heterocycles. The summed E-state index contributed by atoms with van der Waals surface area (Å²) in [5.41, 5.74) is 6.46. The van der Waals surface area contributed by atoms with Gasteiger partial charge in [0.15, 0.2) is 0 Å². The predicted octanol–water partition coefficient (Wildman–Crippen LogP) is 1.96. The molecular formula is C13H21BClNO3. The Hall–Kier alpha value is -0.745. The summed E-state index contributed by atoms with van der Waals surface area (Å²) < 4.78 is 16.9. The average Bonchev–Trinajstić information content (AvgIpc) is 2.80. The van der Waals surface area contributed by atoms with Crippen molar-refractivity contribution in [2.24, 2.45) is 5.73 Å². The maximum Gasteiger partial charge on any atom is 0.498 e. The highest BCUT2D eigenvalue weighted by molar-refractivity contribution is 6.64. The number of nitrogens with two attached hydrogens (primary N) is 1. The Labute approximate surface area is 120 Å². The van der Waals surface area contributed by atoms with E-state index in [0.29, 0.717) is 13.2 Å². The van der Waals surface area contributed by atoms with Crippen LogP contribution in [0.15, 0.2) is 12.1 Å². The highest BCUT2D eigenvalue weighted by atomic mass is 35.5. The Bertz CT molecular complexity index is 417. The molecule has 19 heavy (non-hydrogen) atoms. The highest BCUT2D eigenvalue weighted by Crippen LogP contribution is 2.28. The van der Waals surface area contributed by atoms with Gasteiger partial charge in [-0.1, -0.05) is 25.4 Å². The van der Waals surface area contributed by atoms with Crippen LogP contribution in [-0.4, -0.2) is 26.9 Å². The van der Waals surface area contributed by atoms with E-state index in [0.717, 1.165) is 21.8 Å². The van der Waals surface area contributed by atoms with Gasteiger partial charge in [-0.15, -0.1) is 0 Å². The van der Waals surface area contributed by atoms with E-state index >= 15 is 0 Å². The van der Waals surface area contributed by atoms with Gasteiger partial charge < -0.3 is 19.8 Å². The van der Waals surface area contributed by atoms with Crippen molar-refractivity contribution in [2.45, 2.75) is 33.5 Å². The number of ether oxygens (including phenoxy) is 1. The molecule has 0 bridgehead atoms. The van der Waals surface area contributed by atoms with Crippen LogP contribution in [0.25, 0.3) is 0 Å². The van der Waals surface area contributed by atoms with E-state index in [1.165, 1.54) is 7.05 Å². The predicted molar refractivity (Wildman–Crippen MR) is 79.1 cm³/mol. The van der Waals surface area contributed by atoms with Crippen LogP contribution >= 0.6 is 11.6 Å². The first kappa shape index (κ1) is 16.3. The van der Waals surface area contributed by atoms with E-state index in [4.69, 9.17) is 25.6 Å². The Morgan fingerprint density at radius 3 is 2.68 bits per heavy atom. The first-order chi connectivity index (χ1) is 9.25. The zero-order chi connectivity index (χ0) is 14.4. The molecule has 0 saturated carbocycles. The van der Waals surface area contributed by atoms with Crippen molar-refractivity contribution < 1.29 is 14.0 Å². The Morgan fingerprint density at radius 1 is 1.32 bits per heavy atom. The maximum absolute atomic E-state index is 6.09. The summed E-state index contributed by atoms with van der Waals surface area (Å²) in [6.45, 7) is 7.02. The summed E-state index contributed by atoms with van der Waals surface area (Å²) in [7, 11) is 1.19. The number of halogens is 1. The van der Waals surface area contributed by atoms with Crippen molar-refractivity contribution in [2.75, 3.05) is 13.7 Å². The smallest absolute Gasteiger partial charge is 0.491 e. The van der Waals surface area contributed by atoms with Crippen LogP contribution in [0, 0.1) is 0 Å². The maximum atomic E-state index is 6.09. The van der Waals surface area contributed by atoms with E-state index in [9.17, 15) is 0 Å². The molecule has 0 fully saturated rings. The fourth-order valence-corrected chi connectivity index (χ4v) is 2.17. The topological polar surface area (TPSA) is 53.7 Å². The van der Waals surface area contributed by atoms with Crippen LogP contribution in [0.3, 0.4) is 0 Å². The first-order valence-electron chi connectivity index (χ1n) is 6.54. The van der Waals surface area contributed by atoms with Gasteiger partial charge in [-0.2, -0.15) is 0 Å². The first-order valence-corrected chi connectivity index (χ1v) is 6.92. The summed E-state index contributed by atoms with van der Waals surface area (Å²) in [4.78, 5) is 0. The number of rotatable bonds is 0.